The molecule has 1 atom stereocenters. The number of rotatable bonds is 6. The third-order valence-corrected chi connectivity index (χ3v) is 3.88. The number of nitrogens with one attached hydrogen (secondary N) is 2. The van der Waals surface area contributed by atoms with Gasteiger partial charge in [0.15, 0.2) is 0 Å². The minimum absolute atomic E-state index is 0.000500. The van der Waals surface area contributed by atoms with Crippen LogP contribution in [0.5, 0.6) is 0 Å². The molecule has 0 heterocycles. The summed E-state index contributed by atoms with van der Waals surface area (Å²) in [6, 6.07) is 7.26. The van der Waals surface area contributed by atoms with Gasteiger partial charge in [-0.05, 0) is 36.0 Å². The molecule has 0 aliphatic carbocycles. The van der Waals surface area contributed by atoms with Gasteiger partial charge in [-0.1, -0.05) is 40.7 Å². The molecule has 0 saturated carbocycles. The van der Waals surface area contributed by atoms with Crippen LogP contribution in [0.25, 0.3) is 0 Å². The number of hydrogen-bond acceptors (Lipinski definition) is 2. The molecule has 0 saturated heterocycles. The van der Waals surface area contributed by atoms with Gasteiger partial charge in [0.2, 0.25) is 11.8 Å². The van der Waals surface area contributed by atoms with E-state index < -0.39 is 0 Å². The zero-order valence-electron chi connectivity index (χ0n) is 14.3. The fourth-order valence-electron chi connectivity index (χ4n) is 1.92. The van der Waals surface area contributed by atoms with Gasteiger partial charge in [-0.2, -0.15) is 0 Å². The highest BCUT2D eigenvalue weighted by Gasteiger charge is 2.22. The first-order valence-corrected chi connectivity index (χ1v) is 7.92. The van der Waals surface area contributed by atoms with Gasteiger partial charge >= 0.3 is 0 Å². The molecular weight excluding hydrogens is 276 g/mol. The summed E-state index contributed by atoms with van der Waals surface area (Å²) in [6.07, 6.45) is 1.79. The molecule has 0 aliphatic rings. The predicted octanol–water partition coefficient (Wildman–Crippen LogP) is 4.44. The maximum absolute atomic E-state index is 12.1. The van der Waals surface area contributed by atoms with E-state index in [-0.39, 0.29) is 17.2 Å². The summed E-state index contributed by atoms with van der Waals surface area (Å²) in [7, 11) is 0. The number of anilines is 2. The molecular formula is C18H28N2O2. The summed E-state index contributed by atoms with van der Waals surface area (Å²) >= 11 is 0. The van der Waals surface area contributed by atoms with Gasteiger partial charge in [0.05, 0.1) is 0 Å². The first-order valence-electron chi connectivity index (χ1n) is 7.92. The number of carbonyl (C=O) groups is 2. The third kappa shape index (κ3) is 6.29. The fourth-order valence-corrected chi connectivity index (χ4v) is 1.92. The zero-order chi connectivity index (χ0) is 16.8. The molecule has 0 fully saturated rings. The van der Waals surface area contributed by atoms with Crippen molar-refractivity contribution in [1.82, 2.24) is 0 Å². The van der Waals surface area contributed by atoms with E-state index in [9.17, 15) is 9.59 Å². The van der Waals surface area contributed by atoms with Crippen LogP contribution in [0.2, 0.25) is 0 Å². The highest BCUT2D eigenvalue weighted by atomic mass is 16.2. The minimum atomic E-state index is -0.00710. The molecule has 22 heavy (non-hydrogen) atoms. The number of carbonyl (C=O) groups excluding carboxylic acids is 2. The first kappa shape index (κ1) is 18.2. The van der Waals surface area contributed by atoms with Crippen LogP contribution in [0.1, 0.15) is 53.9 Å². The standard InChI is InChI=1S/C18H28N2O2/c1-6-8-16(21)19-14-9-7-10-15(12-14)20-17(22)11-13(2)18(3,4)5/h7,9-10,12-13H,6,8,11H2,1-5H3,(H,19,21)(H,20,22). The van der Waals surface area contributed by atoms with Gasteiger partial charge in [-0.25, -0.2) is 0 Å². The average molecular weight is 304 g/mol. The molecule has 2 N–H and O–H groups in total. The van der Waals surface area contributed by atoms with Crippen molar-refractivity contribution in [2.45, 2.75) is 53.9 Å². The highest BCUT2D eigenvalue weighted by Crippen LogP contribution is 2.28. The Balaban J connectivity index is 2.63. The normalized spacial score (nSPS) is 12.6. The van der Waals surface area contributed by atoms with Crippen LogP contribution in [0.4, 0.5) is 11.4 Å². The summed E-state index contributed by atoms with van der Waals surface area (Å²) in [5.41, 5.74) is 1.52. The second-order valence-electron chi connectivity index (χ2n) is 6.90. The number of hydrogen-bond donors (Lipinski definition) is 2. The molecule has 2 amide bonds. The van der Waals surface area contributed by atoms with Crippen molar-refractivity contribution in [3.8, 4) is 0 Å². The summed E-state index contributed by atoms with van der Waals surface area (Å²) < 4.78 is 0. The van der Waals surface area contributed by atoms with Gasteiger partial charge in [-0.3, -0.25) is 9.59 Å². The third-order valence-electron chi connectivity index (χ3n) is 3.88. The fraction of sp³-hybridized carbons (Fsp3) is 0.556. The predicted molar refractivity (Wildman–Crippen MR) is 91.8 cm³/mol. The molecule has 1 aromatic carbocycles. The molecule has 0 aromatic heterocycles. The summed E-state index contributed by atoms with van der Waals surface area (Å²) in [4.78, 5) is 23.7. The van der Waals surface area contributed by atoms with Gasteiger partial charge in [0.1, 0.15) is 0 Å². The van der Waals surface area contributed by atoms with E-state index in [0.29, 0.717) is 30.1 Å². The lowest BCUT2D eigenvalue weighted by atomic mass is 9.80. The molecule has 4 heteroatoms. The van der Waals surface area contributed by atoms with Crippen LogP contribution in [-0.2, 0) is 9.59 Å². The first-order chi connectivity index (χ1) is 10.2. The monoisotopic (exact) mass is 304 g/mol. The van der Waals surface area contributed by atoms with Crippen LogP contribution in [0.15, 0.2) is 24.3 Å². The van der Waals surface area contributed by atoms with Crippen LogP contribution < -0.4 is 10.6 Å². The largest absolute Gasteiger partial charge is 0.326 e. The van der Waals surface area contributed by atoms with Crippen molar-refractivity contribution >= 4 is 23.2 Å². The van der Waals surface area contributed by atoms with Crippen LogP contribution >= 0.6 is 0 Å². The molecule has 1 unspecified atom stereocenters. The van der Waals surface area contributed by atoms with Gasteiger partial charge in [0, 0.05) is 24.2 Å². The van der Waals surface area contributed by atoms with Gasteiger partial charge < -0.3 is 10.6 Å². The lowest BCUT2D eigenvalue weighted by Crippen LogP contribution is -2.24. The maximum Gasteiger partial charge on any atom is 0.224 e. The lowest BCUT2D eigenvalue weighted by Gasteiger charge is -2.26. The molecule has 0 spiro atoms. The van der Waals surface area contributed by atoms with E-state index in [2.05, 4.69) is 38.3 Å². The molecule has 0 aliphatic heterocycles. The second-order valence-corrected chi connectivity index (χ2v) is 6.90. The maximum atomic E-state index is 12.1. The quantitative estimate of drug-likeness (QED) is 0.816. The van der Waals surface area contributed by atoms with Crippen LogP contribution in [-0.4, -0.2) is 11.8 Å². The second kappa shape index (κ2) is 7.97. The van der Waals surface area contributed by atoms with Crippen molar-refractivity contribution in [2.75, 3.05) is 10.6 Å². The smallest absolute Gasteiger partial charge is 0.224 e. The number of amides is 2. The Morgan fingerprint density at radius 2 is 1.64 bits per heavy atom. The van der Waals surface area contributed by atoms with Crippen molar-refractivity contribution in [3.05, 3.63) is 24.3 Å². The van der Waals surface area contributed by atoms with Gasteiger partial charge in [0.25, 0.3) is 0 Å². The minimum Gasteiger partial charge on any atom is -0.326 e. The Hall–Kier alpha value is -1.84. The molecule has 0 bridgehead atoms. The van der Waals surface area contributed by atoms with Crippen molar-refractivity contribution in [2.24, 2.45) is 11.3 Å². The molecule has 0 radical (unpaired) electrons. The van der Waals surface area contributed by atoms with Gasteiger partial charge in [-0.15, -0.1) is 0 Å². The van der Waals surface area contributed by atoms with E-state index in [4.69, 9.17) is 0 Å². The SMILES string of the molecule is CCCC(=O)Nc1cccc(NC(=O)CC(C)C(C)(C)C)c1. The Labute approximate surface area is 133 Å². The highest BCUT2D eigenvalue weighted by molar-refractivity contribution is 5.94. The molecule has 1 aromatic rings. The lowest BCUT2D eigenvalue weighted by molar-refractivity contribution is -0.118. The van der Waals surface area contributed by atoms with E-state index in [1.54, 1.807) is 6.07 Å². The van der Waals surface area contributed by atoms with E-state index >= 15 is 0 Å². The Morgan fingerprint density at radius 3 is 2.14 bits per heavy atom. The summed E-state index contributed by atoms with van der Waals surface area (Å²) in [5, 5.41) is 5.73. The van der Waals surface area contributed by atoms with Crippen molar-refractivity contribution < 1.29 is 9.59 Å². The average Bonchev–Trinajstić information content (AvgIpc) is 2.37. The molecule has 1 rings (SSSR count). The van der Waals surface area contributed by atoms with Crippen molar-refractivity contribution in [3.63, 3.8) is 0 Å². The van der Waals surface area contributed by atoms with E-state index in [1.807, 2.05) is 25.1 Å². The molecule has 122 valence electrons. The Morgan fingerprint density at radius 1 is 1.09 bits per heavy atom. The number of benzene rings is 1. The Bertz CT molecular complexity index is 518. The van der Waals surface area contributed by atoms with E-state index in [0.717, 1.165) is 6.42 Å². The molecule has 4 nitrogen and oxygen atoms in total. The van der Waals surface area contributed by atoms with Crippen LogP contribution in [0, 0.1) is 11.3 Å². The van der Waals surface area contributed by atoms with Crippen LogP contribution in [0.3, 0.4) is 0 Å². The van der Waals surface area contributed by atoms with Crippen molar-refractivity contribution in [1.29, 1.82) is 0 Å². The summed E-state index contributed by atoms with van der Waals surface area (Å²) in [5.74, 6) is 0.284. The summed E-state index contributed by atoms with van der Waals surface area (Å²) in [6.45, 7) is 10.5. The van der Waals surface area contributed by atoms with E-state index in [1.165, 1.54) is 0 Å². The topological polar surface area (TPSA) is 58.2 Å². The Kier molecular flexibility index (Phi) is 6.60. The zero-order valence-corrected chi connectivity index (χ0v) is 14.3.